The van der Waals surface area contributed by atoms with Gasteiger partial charge < -0.3 is 0 Å². The molecule has 0 atom stereocenters. The molecular formula is C22H26N6S. The summed E-state index contributed by atoms with van der Waals surface area (Å²) in [5.41, 5.74) is 11.8. The highest BCUT2D eigenvalue weighted by atomic mass is 32.2. The van der Waals surface area contributed by atoms with Gasteiger partial charge in [0.15, 0.2) is 5.84 Å². The van der Waals surface area contributed by atoms with Crippen molar-refractivity contribution < 1.29 is 0 Å². The van der Waals surface area contributed by atoms with Gasteiger partial charge in [-0.15, -0.1) is 22.4 Å². The first-order chi connectivity index (χ1) is 14.0. The fourth-order valence-electron chi connectivity index (χ4n) is 3.37. The van der Waals surface area contributed by atoms with E-state index in [1.807, 2.05) is 22.0 Å². The maximum atomic E-state index is 4.76. The van der Waals surface area contributed by atoms with Crippen LogP contribution < -0.4 is 11.1 Å². The van der Waals surface area contributed by atoms with Crippen molar-refractivity contribution in [3.63, 3.8) is 0 Å². The molecule has 4 rings (SSSR count). The molecule has 0 amide bonds. The lowest BCUT2D eigenvalue weighted by Gasteiger charge is -2.23. The smallest absolute Gasteiger partial charge is 0.177 e. The SMILES string of the molecule is Cc1ccc(-n2ncc(C3=NNNN3C(C)C)c2SCc2ccccc2)c(C)c1. The van der Waals surface area contributed by atoms with Gasteiger partial charge in [-0.05, 0) is 44.9 Å². The van der Waals surface area contributed by atoms with Crippen molar-refractivity contribution >= 4 is 17.6 Å². The molecule has 7 heteroatoms. The third-order valence-electron chi connectivity index (χ3n) is 4.84. The molecule has 0 aliphatic carbocycles. The van der Waals surface area contributed by atoms with Gasteiger partial charge in [-0.25, -0.2) is 10.2 Å². The minimum atomic E-state index is 0.250. The average Bonchev–Trinajstić information content (AvgIpc) is 3.34. The first-order valence-electron chi connectivity index (χ1n) is 9.75. The van der Waals surface area contributed by atoms with E-state index < -0.39 is 0 Å². The molecule has 0 unspecified atom stereocenters. The Morgan fingerprint density at radius 1 is 1.07 bits per heavy atom. The number of hydrogen-bond donors (Lipinski definition) is 2. The lowest BCUT2D eigenvalue weighted by Crippen LogP contribution is -2.45. The Balaban J connectivity index is 1.76. The van der Waals surface area contributed by atoms with E-state index in [1.54, 1.807) is 11.8 Å². The van der Waals surface area contributed by atoms with Crippen LogP contribution in [0.1, 0.15) is 36.1 Å². The number of aryl methyl sites for hydroxylation is 2. The third kappa shape index (κ3) is 4.02. The summed E-state index contributed by atoms with van der Waals surface area (Å²) in [5, 5.41) is 12.3. The fraction of sp³-hybridized carbons (Fsp3) is 0.273. The number of hydrogen-bond acceptors (Lipinski definition) is 6. The highest BCUT2D eigenvalue weighted by molar-refractivity contribution is 7.98. The second kappa shape index (κ2) is 8.31. The summed E-state index contributed by atoms with van der Waals surface area (Å²) >= 11 is 1.78. The molecule has 1 aliphatic rings. The highest BCUT2D eigenvalue weighted by Gasteiger charge is 2.27. The molecule has 29 heavy (non-hydrogen) atoms. The van der Waals surface area contributed by atoms with Gasteiger partial charge in [0, 0.05) is 11.8 Å². The molecule has 3 aromatic rings. The minimum absolute atomic E-state index is 0.250. The summed E-state index contributed by atoms with van der Waals surface area (Å²) in [4.78, 5) is 0. The minimum Gasteiger partial charge on any atom is -0.268 e. The van der Waals surface area contributed by atoms with Gasteiger partial charge in [0.2, 0.25) is 0 Å². The van der Waals surface area contributed by atoms with Crippen LogP contribution in [0.15, 0.2) is 64.9 Å². The zero-order chi connectivity index (χ0) is 20.4. The summed E-state index contributed by atoms with van der Waals surface area (Å²) in [6, 6.07) is 17.2. The number of hydrazine groups is 2. The van der Waals surface area contributed by atoms with Crippen LogP contribution >= 0.6 is 11.8 Å². The maximum Gasteiger partial charge on any atom is 0.177 e. The molecule has 0 saturated carbocycles. The van der Waals surface area contributed by atoms with Crippen LogP contribution in [0, 0.1) is 13.8 Å². The number of nitrogens with one attached hydrogen (secondary N) is 2. The summed E-state index contributed by atoms with van der Waals surface area (Å²) in [7, 11) is 0. The summed E-state index contributed by atoms with van der Waals surface area (Å²) in [5.74, 6) is 1.71. The quantitative estimate of drug-likeness (QED) is 0.602. The molecule has 0 spiro atoms. The standard InChI is InChI=1S/C22H26N6S/c1-15(2)27-21(24-25-26-27)19-13-23-28(20-11-10-16(3)12-17(20)4)22(19)29-14-18-8-6-5-7-9-18/h5-13,15,25-26H,14H2,1-4H3. The molecule has 150 valence electrons. The zero-order valence-electron chi connectivity index (χ0n) is 17.2. The number of rotatable bonds is 6. The van der Waals surface area contributed by atoms with Crippen molar-refractivity contribution in [2.75, 3.05) is 0 Å². The summed E-state index contributed by atoms with van der Waals surface area (Å²) in [6.45, 7) is 8.50. The Morgan fingerprint density at radius 2 is 1.86 bits per heavy atom. The van der Waals surface area contributed by atoms with E-state index in [1.165, 1.54) is 16.7 Å². The Kier molecular flexibility index (Phi) is 5.60. The zero-order valence-corrected chi connectivity index (χ0v) is 18.0. The maximum absolute atomic E-state index is 4.76. The van der Waals surface area contributed by atoms with Crippen LogP contribution in [-0.2, 0) is 5.75 Å². The average molecular weight is 407 g/mol. The van der Waals surface area contributed by atoms with Crippen molar-refractivity contribution in [3.05, 3.63) is 77.0 Å². The van der Waals surface area contributed by atoms with Crippen LogP contribution in [0.2, 0.25) is 0 Å². The molecule has 1 aliphatic heterocycles. The molecular weight excluding hydrogens is 380 g/mol. The number of benzene rings is 2. The number of thioether (sulfide) groups is 1. The van der Waals surface area contributed by atoms with E-state index in [2.05, 4.69) is 86.3 Å². The van der Waals surface area contributed by atoms with Crippen LogP contribution in [0.4, 0.5) is 0 Å². The fourth-order valence-corrected chi connectivity index (χ4v) is 4.44. The van der Waals surface area contributed by atoms with Crippen molar-refractivity contribution in [2.45, 2.75) is 44.5 Å². The molecule has 0 bridgehead atoms. The first-order valence-corrected chi connectivity index (χ1v) is 10.7. The highest BCUT2D eigenvalue weighted by Crippen LogP contribution is 2.31. The number of nitrogens with zero attached hydrogens (tertiary/aromatic N) is 4. The molecule has 2 heterocycles. The second-order valence-corrected chi connectivity index (χ2v) is 8.43. The lowest BCUT2D eigenvalue weighted by atomic mass is 10.1. The van der Waals surface area contributed by atoms with E-state index in [0.29, 0.717) is 0 Å². The van der Waals surface area contributed by atoms with E-state index in [9.17, 15) is 0 Å². The van der Waals surface area contributed by atoms with Gasteiger partial charge in [0.25, 0.3) is 0 Å². The van der Waals surface area contributed by atoms with Crippen LogP contribution in [0.5, 0.6) is 0 Å². The first kappa shape index (κ1) is 19.5. The van der Waals surface area contributed by atoms with Crippen molar-refractivity contribution in [1.82, 2.24) is 25.9 Å². The topological polar surface area (TPSA) is 57.5 Å². The summed E-state index contributed by atoms with van der Waals surface area (Å²) < 4.78 is 2.04. The number of amidine groups is 1. The predicted octanol–water partition coefficient (Wildman–Crippen LogP) is 4.18. The number of hydrazone groups is 1. The number of aromatic nitrogens is 2. The van der Waals surface area contributed by atoms with Gasteiger partial charge in [-0.1, -0.05) is 48.0 Å². The third-order valence-corrected chi connectivity index (χ3v) is 5.99. The second-order valence-electron chi connectivity index (χ2n) is 7.46. The largest absolute Gasteiger partial charge is 0.268 e. The van der Waals surface area contributed by atoms with Crippen molar-refractivity contribution in [1.29, 1.82) is 0 Å². The Morgan fingerprint density at radius 3 is 2.59 bits per heavy atom. The molecule has 6 nitrogen and oxygen atoms in total. The van der Waals surface area contributed by atoms with Gasteiger partial charge in [0.05, 0.1) is 17.4 Å². The van der Waals surface area contributed by atoms with E-state index in [4.69, 9.17) is 5.10 Å². The van der Waals surface area contributed by atoms with E-state index in [-0.39, 0.29) is 6.04 Å². The van der Waals surface area contributed by atoms with Crippen molar-refractivity contribution in [2.24, 2.45) is 5.10 Å². The normalized spacial score (nSPS) is 13.7. The van der Waals surface area contributed by atoms with Gasteiger partial charge in [0.1, 0.15) is 5.03 Å². The monoisotopic (exact) mass is 406 g/mol. The molecule has 0 fully saturated rings. The van der Waals surface area contributed by atoms with E-state index >= 15 is 0 Å². The van der Waals surface area contributed by atoms with Gasteiger partial charge in [-0.2, -0.15) is 5.10 Å². The molecule has 0 saturated heterocycles. The van der Waals surface area contributed by atoms with Crippen LogP contribution in [0.3, 0.4) is 0 Å². The molecule has 1 aromatic heterocycles. The van der Waals surface area contributed by atoms with Crippen LogP contribution in [-0.4, -0.2) is 26.7 Å². The van der Waals surface area contributed by atoms with Gasteiger partial charge >= 0.3 is 0 Å². The Hall–Kier alpha value is -2.77. The lowest BCUT2D eigenvalue weighted by molar-refractivity contribution is 0.246. The Labute approximate surface area is 175 Å². The molecule has 2 N–H and O–H groups in total. The van der Waals surface area contributed by atoms with Crippen molar-refractivity contribution in [3.8, 4) is 5.69 Å². The summed E-state index contributed by atoms with van der Waals surface area (Å²) in [6.07, 6.45) is 1.91. The van der Waals surface area contributed by atoms with Gasteiger partial charge in [-0.3, -0.25) is 5.01 Å². The predicted molar refractivity (Wildman–Crippen MR) is 119 cm³/mol. The Bertz CT molecular complexity index is 1030. The van der Waals surface area contributed by atoms with Crippen LogP contribution in [0.25, 0.3) is 5.69 Å². The van der Waals surface area contributed by atoms with E-state index in [0.717, 1.165) is 27.9 Å². The molecule has 0 radical (unpaired) electrons. The molecule has 2 aromatic carbocycles.